The van der Waals surface area contributed by atoms with Gasteiger partial charge in [0.05, 0.1) is 11.2 Å². The number of nitrogens with zero attached hydrogens (tertiary/aromatic N) is 4. The highest BCUT2D eigenvalue weighted by Crippen LogP contribution is 2.36. The third kappa shape index (κ3) is 2.12. The zero-order chi connectivity index (χ0) is 14.4. The molecule has 3 rings (SSSR count). The fraction of sp³-hybridized carbons (Fsp3) is 0.462. The van der Waals surface area contributed by atoms with Crippen LogP contribution in [0.1, 0.15) is 27.7 Å². The maximum Gasteiger partial charge on any atom is 0.498 e. The van der Waals surface area contributed by atoms with Crippen LogP contribution in [0.25, 0.3) is 5.95 Å². The van der Waals surface area contributed by atoms with Gasteiger partial charge in [-0.25, -0.2) is 14.6 Å². The first-order valence-corrected chi connectivity index (χ1v) is 6.57. The molecular formula is C13H17BN4O2. The van der Waals surface area contributed by atoms with E-state index in [4.69, 9.17) is 9.31 Å². The van der Waals surface area contributed by atoms with Gasteiger partial charge in [-0.1, -0.05) is 0 Å². The number of hydrogen-bond donors (Lipinski definition) is 0. The maximum absolute atomic E-state index is 5.96. The summed E-state index contributed by atoms with van der Waals surface area (Å²) in [5.41, 5.74) is 0.0796. The van der Waals surface area contributed by atoms with E-state index in [0.717, 1.165) is 5.46 Å². The van der Waals surface area contributed by atoms with Gasteiger partial charge in [0.15, 0.2) is 0 Å². The number of hydrogen-bond acceptors (Lipinski definition) is 5. The van der Waals surface area contributed by atoms with Crippen molar-refractivity contribution in [3.05, 3.63) is 30.9 Å². The highest BCUT2D eigenvalue weighted by molar-refractivity contribution is 6.61. The Morgan fingerprint density at radius 1 is 1.05 bits per heavy atom. The van der Waals surface area contributed by atoms with E-state index in [0.29, 0.717) is 5.95 Å². The Bertz CT molecular complexity index is 579. The lowest BCUT2D eigenvalue weighted by molar-refractivity contribution is 0.00578. The lowest BCUT2D eigenvalue weighted by Gasteiger charge is -2.32. The molecule has 0 saturated carbocycles. The topological polar surface area (TPSA) is 62.1 Å². The van der Waals surface area contributed by atoms with Crippen molar-refractivity contribution in [2.75, 3.05) is 0 Å². The van der Waals surface area contributed by atoms with Gasteiger partial charge in [-0.3, -0.25) is 0 Å². The van der Waals surface area contributed by atoms with Crippen LogP contribution in [0.15, 0.2) is 30.9 Å². The summed E-state index contributed by atoms with van der Waals surface area (Å²) in [5.74, 6) is 0.523. The van der Waals surface area contributed by atoms with Gasteiger partial charge < -0.3 is 9.31 Å². The summed E-state index contributed by atoms with van der Waals surface area (Å²) in [6.07, 6.45) is 6.91. The summed E-state index contributed by atoms with van der Waals surface area (Å²) in [4.78, 5) is 8.58. The molecule has 104 valence electrons. The van der Waals surface area contributed by atoms with Gasteiger partial charge in [-0.15, -0.1) is 0 Å². The van der Waals surface area contributed by atoms with E-state index >= 15 is 0 Å². The monoisotopic (exact) mass is 272 g/mol. The van der Waals surface area contributed by atoms with Crippen LogP contribution in [0, 0.1) is 0 Å². The Balaban J connectivity index is 1.83. The van der Waals surface area contributed by atoms with Crippen LogP contribution in [-0.4, -0.2) is 38.1 Å². The molecule has 0 N–H and O–H groups in total. The Labute approximate surface area is 118 Å². The summed E-state index contributed by atoms with van der Waals surface area (Å²) in [6.45, 7) is 8.08. The van der Waals surface area contributed by atoms with E-state index in [1.165, 1.54) is 0 Å². The smallest absolute Gasteiger partial charge is 0.399 e. The van der Waals surface area contributed by atoms with Gasteiger partial charge in [-0.2, -0.15) is 5.10 Å². The van der Waals surface area contributed by atoms with Crippen LogP contribution in [0.2, 0.25) is 0 Å². The Hall–Kier alpha value is -1.73. The first-order valence-electron chi connectivity index (χ1n) is 6.57. The van der Waals surface area contributed by atoms with Crippen LogP contribution in [0.5, 0.6) is 0 Å². The third-order valence-electron chi connectivity index (χ3n) is 3.89. The van der Waals surface area contributed by atoms with Gasteiger partial charge in [0, 0.05) is 30.3 Å². The molecule has 20 heavy (non-hydrogen) atoms. The van der Waals surface area contributed by atoms with Gasteiger partial charge in [0.25, 0.3) is 0 Å². The highest BCUT2D eigenvalue weighted by atomic mass is 16.7. The molecule has 2 aromatic rings. The van der Waals surface area contributed by atoms with E-state index in [2.05, 4.69) is 15.1 Å². The van der Waals surface area contributed by atoms with Crippen LogP contribution in [-0.2, 0) is 9.31 Å². The van der Waals surface area contributed by atoms with Crippen molar-refractivity contribution in [3.63, 3.8) is 0 Å². The summed E-state index contributed by atoms with van der Waals surface area (Å²) in [5, 5.41) is 4.09. The average Bonchev–Trinajstić information content (AvgIpc) is 2.97. The number of aromatic nitrogens is 4. The molecule has 7 heteroatoms. The molecule has 6 nitrogen and oxygen atoms in total. The average molecular weight is 272 g/mol. The van der Waals surface area contributed by atoms with Crippen molar-refractivity contribution in [3.8, 4) is 5.95 Å². The molecule has 0 aliphatic carbocycles. The zero-order valence-electron chi connectivity index (χ0n) is 12.1. The number of rotatable bonds is 2. The second-order valence-electron chi connectivity index (χ2n) is 5.86. The molecule has 0 bridgehead atoms. The first-order chi connectivity index (χ1) is 9.39. The van der Waals surface area contributed by atoms with Crippen LogP contribution in [0.4, 0.5) is 0 Å². The normalized spacial score (nSPS) is 20.3. The second-order valence-corrected chi connectivity index (χ2v) is 5.86. The Morgan fingerprint density at radius 2 is 1.65 bits per heavy atom. The fourth-order valence-electron chi connectivity index (χ4n) is 1.94. The van der Waals surface area contributed by atoms with Crippen molar-refractivity contribution in [2.45, 2.75) is 38.9 Å². The molecule has 0 atom stereocenters. The molecule has 1 aliphatic heterocycles. The molecule has 0 amide bonds. The van der Waals surface area contributed by atoms with E-state index in [9.17, 15) is 0 Å². The van der Waals surface area contributed by atoms with Crippen molar-refractivity contribution in [2.24, 2.45) is 0 Å². The van der Waals surface area contributed by atoms with Gasteiger partial charge in [0.2, 0.25) is 5.95 Å². The quantitative estimate of drug-likeness (QED) is 0.762. The summed E-state index contributed by atoms with van der Waals surface area (Å²) < 4.78 is 13.5. The lowest BCUT2D eigenvalue weighted by Crippen LogP contribution is -2.41. The van der Waals surface area contributed by atoms with Gasteiger partial charge >= 0.3 is 7.12 Å². The van der Waals surface area contributed by atoms with E-state index in [1.807, 2.05) is 33.8 Å². The molecule has 0 aromatic carbocycles. The predicted molar refractivity (Wildman–Crippen MR) is 74.9 cm³/mol. The second kappa shape index (κ2) is 4.39. The highest BCUT2D eigenvalue weighted by Gasteiger charge is 2.51. The maximum atomic E-state index is 5.96. The Kier molecular flexibility index (Phi) is 2.91. The van der Waals surface area contributed by atoms with Crippen LogP contribution < -0.4 is 5.46 Å². The SMILES string of the molecule is CC1(C)OB(c2cnc(-n3cccn3)nc2)OC1(C)C. The van der Waals surface area contributed by atoms with Gasteiger partial charge in [0.1, 0.15) is 0 Å². The fourth-order valence-corrected chi connectivity index (χ4v) is 1.94. The van der Waals surface area contributed by atoms with Crippen molar-refractivity contribution >= 4 is 12.6 Å². The minimum absolute atomic E-state index is 0.363. The molecule has 3 heterocycles. The molecule has 2 aromatic heterocycles. The standard InChI is InChI=1S/C13H17BN4O2/c1-12(2)13(3,4)20-14(19-12)10-8-15-11(16-9-10)18-7-5-6-17-18/h5-9H,1-4H3. The lowest BCUT2D eigenvalue weighted by atomic mass is 9.81. The van der Waals surface area contributed by atoms with Crippen molar-refractivity contribution in [1.29, 1.82) is 0 Å². The van der Waals surface area contributed by atoms with Crippen LogP contribution in [0.3, 0.4) is 0 Å². The molecule has 1 saturated heterocycles. The summed E-state index contributed by atoms with van der Waals surface area (Å²) in [7, 11) is -0.438. The largest absolute Gasteiger partial charge is 0.498 e. The van der Waals surface area contributed by atoms with E-state index in [1.54, 1.807) is 29.5 Å². The van der Waals surface area contributed by atoms with Gasteiger partial charge in [-0.05, 0) is 33.8 Å². The minimum atomic E-state index is -0.438. The molecule has 1 fully saturated rings. The predicted octanol–water partition coefficient (Wildman–Crippen LogP) is 0.961. The molecule has 0 radical (unpaired) electrons. The molecule has 1 aliphatic rings. The first kappa shape index (κ1) is 13.3. The zero-order valence-corrected chi connectivity index (χ0v) is 12.1. The van der Waals surface area contributed by atoms with Crippen molar-refractivity contribution < 1.29 is 9.31 Å². The van der Waals surface area contributed by atoms with Crippen molar-refractivity contribution in [1.82, 2.24) is 19.7 Å². The Morgan fingerprint density at radius 3 is 2.15 bits per heavy atom. The molecular weight excluding hydrogens is 255 g/mol. The van der Waals surface area contributed by atoms with Crippen LogP contribution >= 0.6 is 0 Å². The molecule has 0 spiro atoms. The summed E-state index contributed by atoms with van der Waals surface area (Å²) >= 11 is 0. The summed E-state index contributed by atoms with van der Waals surface area (Å²) in [6, 6.07) is 1.82. The third-order valence-corrected chi connectivity index (χ3v) is 3.89. The molecule has 0 unspecified atom stereocenters. The van der Waals surface area contributed by atoms with E-state index in [-0.39, 0.29) is 11.2 Å². The minimum Gasteiger partial charge on any atom is -0.399 e. The van der Waals surface area contributed by atoms with E-state index < -0.39 is 7.12 Å².